The summed E-state index contributed by atoms with van der Waals surface area (Å²) in [5, 5.41) is 0. The van der Waals surface area contributed by atoms with Gasteiger partial charge in [0, 0.05) is 14.2 Å². The fraction of sp³-hybridized carbons (Fsp3) is 0.700. The van der Waals surface area contributed by atoms with Gasteiger partial charge in [-0.15, -0.1) is 11.5 Å². The molecule has 0 bridgehead atoms. The minimum Gasteiger partial charge on any atom is -0.574 e. The molecule has 1 aromatic carbocycles. The number of hydrogen-bond donors (Lipinski definition) is 0. The summed E-state index contributed by atoms with van der Waals surface area (Å²) >= 11 is 0. The summed E-state index contributed by atoms with van der Waals surface area (Å²) in [5.41, 5.74) is 0. The standard InChI is InChI=1S/C20H32O8.2Li/c1-21-7-9-23-11-13-25-15-17-27-19-3-5-20(6-4-19)28-18-16-26-14-12-24-10-8-22-2;;/h3,6H,7-18H2,1-2H3;;/q-2;2*+1. The second-order valence-electron chi connectivity index (χ2n) is 5.44. The van der Waals surface area contributed by atoms with E-state index in [0.29, 0.717) is 90.8 Å². The van der Waals surface area contributed by atoms with Crippen molar-refractivity contribution in [3.63, 3.8) is 0 Å². The first-order valence-corrected chi connectivity index (χ1v) is 9.34. The zero-order chi connectivity index (χ0) is 20.1. The Morgan fingerprint density at radius 2 is 0.800 bits per heavy atom. The van der Waals surface area contributed by atoms with Crippen LogP contribution in [0.5, 0.6) is 11.5 Å². The van der Waals surface area contributed by atoms with Crippen LogP contribution in [-0.4, -0.2) is 93.5 Å². The van der Waals surface area contributed by atoms with Crippen LogP contribution in [0.3, 0.4) is 0 Å². The molecule has 162 valence electrons. The molecule has 0 atom stereocenters. The predicted molar refractivity (Wildman–Crippen MR) is 102 cm³/mol. The van der Waals surface area contributed by atoms with E-state index in [2.05, 4.69) is 12.1 Å². The van der Waals surface area contributed by atoms with E-state index in [4.69, 9.17) is 37.9 Å². The van der Waals surface area contributed by atoms with Gasteiger partial charge in [-0.2, -0.15) is 0 Å². The van der Waals surface area contributed by atoms with Crippen molar-refractivity contribution in [1.82, 2.24) is 0 Å². The molecule has 10 heteroatoms. The minimum absolute atomic E-state index is 0. The van der Waals surface area contributed by atoms with E-state index >= 15 is 0 Å². The van der Waals surface area contributed by atoms with Crippen LogP contribution in [0.1, 0.15) is 0 Å². The van der Waals surface area contributed by atoms with Crippen LogP contribution in [0.15, 0.2) is 12.1 Å². The molecule has 0 aliphatic carbocycles. The van der Waals surface area contributed by atoms with Crippen molar-refractivity contribution in [1.29, 1.82) is 0 Å². The van der Waals surface area contributed by atoms with Crippen molar-refractivity contribution in [2.45, 2.75) is 0 Å². The average molecular weight is 414 g/mol. The van der Waals surface area contributed by atoms with Gasteiger partial charge < -0.3 is 37.9 Å². The Balaban J connectivity index is 0. The SMILES string of the molecule is COCCOCCOCCOc1[c-]cc(OCCOCCOCCOC)[c-]c1.[Li+].[Li+]. The third-order valence-corrected chi connectivity index (χ3v) is 3.27. The van der Waals surface area contributed by atoms with Gasteiger partial charge in [0.05, 0.1) is 79.3 Å². The largest absolute Gasteiger partial charge is 1.00 e. The van der Waals surface area contributed by atoms with Crippen molar-refractivity contribution >= 4 is 0 Å². The van der Waals surface area contributed by atoms with Gasteiger partial charge in [-0.1, -0.05) is 0 Å². The molecule has 0 fully saturated rings. The maximum Gasteiger partial charge on any atom is 1.00 e. The van der Waals surface area contributed by atoms with Crippen molar-refractivity contribution in [3.05, 3.63) is 24.3 Å². The summed E-state index contributed by atoms with van der Waals surface area (Å²) in [6.07, 6.45) is 0. The Hall–Kier alpha value is -0.225. The first-order chi connectivity index (χ1) is 13.9. The van der Waals surface area contributed by atoms with Gasteiger partial charge in [-0.25, -0.2) is 12.1 Å². The number of ether oxygens (including phenoxy) is 8. The van der Waals surface area contributed by atoms with E-state index in [-0.39, 0.29) is 37.7 Å². The molecule has 0 radical (unpaired) electrons. The number of benzene rings is 1. The van der Waals surface area contributed by atoms with E-state index in [9.17, 15) is 0 Å². The number of rotatable bonds is 20. The average Bonchev–Trinajstić information content (AvgIpc) is 2.72. The fourth-order valence-corrected chi connectivity index (χ4v) is 1.87. The zero-order valence-corrected chi connectivity index (χ0v) is 18.9. The molecule has 1 rings (SSSR count). The van der Waals surface area contributed by atoms with E-state index in [1.807, 2.05) is 0 Å². The molecule has 0 N–H and O–H groups in total. The first-order valence-electron chi connectivity index (χ1n) is 9.34. The normalized spacial score (nSPS) is 10.2. The summed E-state index contributed by atoms with van der Waals surface area (Å²) in [4.78, 5) is 0. The van der Waals surface area contributed by atoms with E-state index < -0.39 is 0 Å². The van der Waals surface area contributed by atoms with E-state index in [0.717, 1.165) is 0 Å². The van der Waals surface area contributed by atoms with Crippen LogP contribution in [0.4, 0.5) is 0 Å². The van der Waals surface area contributed by atoms with Gasteiger partial charge in [0.2, 0.25) is 0 Å². The Bertz CT molecular complexity index is 410. The molecule has 30 heavy (non-hydrogen) atoms. The predicted octanol–water partition coefficient (Wildman–Crippen LogP) is -4.59. The Morgan fingerprint density at radius 3 is 1.10 bits per heavy atom. The summed E-state index contributed by atoms with van der Waals surface area (Å²) in [7, 11) is 3.28. The Kier molecular flexibility index (Phi) is 26.7. The third kappa shape index (κ3) is 19.7. The first kappa shape index (κ1) is 32.0. The molecule has 0 saturated heterocycles. The van der Waals surface area contributed by atoms with Crippen LogP contribution < -0.4 is 47.2 Å². The maximum atomic E-state index is 5.53. The van der Waals surface area contributed by atoms with Crippen molar-refractivity contribution in [2.75, 3.05) is 93.5 Å². The van der Waals surface area contributed by atoms with Crippen molar-refractivity contribution < 1.29 is 75.6 Å². The zero-order valence-electron chi connectivity index (χ0n) is 18.9. The van der Waals surface area contributed by atoms with Crippen LogP contribution in [-0.2, 0) is 28.4 Å². The molecule has 0 aliphatic heterocycles. The molecule has 0 aromatic heterocycles. The fourth-order valence-electron chi connectivity index (χ4n) is 1.87. The van der Waals surface area contributed by atoms with E-state index in [1.54, 1.807) is 26.4 Å². The minimum atomic E-state index is 0. The summed E-state index contributed by atoms with van der Waals surface area (Å²) in [6, 6.07) is 9.37. The van der Waals surface area contributed by atoms with Gasteiger partial charge in [-0.05, 0) is 0 Å². The molecule has 0 heterocycles. The molecular formula is C20H32Li2O8. The van der Waals surface area contributed by atoms with Crippen LogP contribution in [0, 0.1) is 12.1 Å². The third-order valence-electron chi connectivity index (χ3n) is 3.27. The second kappa shape index (κ2) is 25.0. The van der Waals surface area contributed by atoms with E-state index in [1.165, 1.54) is 0 Å². The van der Waals surface area contributed by atoms with Crippen LogP contribution in [0.25, 0.3) is 0 Å². The number of methoxy groups -OCH3 is 2. The molecule has 8 nitrogen and oxygen atoms in total. The van der Waals surface area contributed by atoms with Gasteiger partial charge in [-0.3, -0.25) is 12.1 Å². The second-order valence-corrected chi connectivity index (χ2v) is 5.44. The molecular weight excluding hydrogens is 382 g/mol. The van der Waals surface area contributed by atoms with Gasteiger partial charge in [0.15, 0.2) is 0 Å². The maximum absolute atomic E-state index is 5.53. The monoisotopic (exact) mass is 414 g/mol. The Morgan fingerprint density at radius 1 is 0.500 bits per heavy atom. The molecule has 0 saturated carbocycles. The van der Waals surface area contributed by atoms with Crippen molar-refractivity contribution in [2.24, 2.45) is 0 Å². The molecule has 0 amide bonds. The van der Waals surface area contributed by atoms with Crippen LogP contribution >= 0.6 is 0 Å². The quantitative estimate of drug-likeness (QED) is 0.120. The van der Waals surface area contributed by atoms with Crippen molar-refractivity contribution in [3.8, 4) is 11.5 Å². The molecule has 0 unspecified atom stereocenters. The molecule has 0 aliphatic rings. The number of hydrogen-bond acceptors (Lipinski definition) is 8. The van der Waals surface area contributed by atoms with Gasteiger partial charge in [0.1, 0.15) is 0 Å². The topological polar surface area (TPSA) is 73.8 Å². The Labute approximate surface area is 204 Å². The summed E-state index contributed by atoms with van der Waals surface area (Å²) in [6.45, 7) is 6.28. The smallest absolute Gasteiger partial charge is 0.574 e. The van der Waals surface area contributed by atoms with Crippen LogP contribution in [0.2, 0.25) is 0 Å². The van der Waals surface area contributed by atoms with Gasteiger partial charge in [0.25, 0.3) is 0 Å². The summed E-state index contributed by atoms with van der Waals surface area (Å²) < 4.78 is 42.2. The molecule has 0 spiro atoms. The summed E-state index contributed by atoms with van der Waals surface area (Å²) in [5.74, 6) is 1.19. The van der Waals surface area contributed by atoms with Gasteiger partial charge >= 0.3 is 37.7 Å². The molecule has 1 aromatic rings.